The van der Waals surface area contributed by atoms with Gasteiger partial charge in [0, 0.05) is 27.8 Å². The number of carbonyl (C=O) groups is 1. The Hall–Kier alpha value is -2.01. The summed E-state index contributed by atoms with van der Waals surface area (Å²) in [5, 5.41) is 3.53. The van der Waals surface area contributed by atoms with E-state index in [2.05, 4.69) is 10.3 Å². The van der Waals surface area contributed by atoms with Crippen LogP contribution in [-0.2, 0) is 17.6 Å². The third-order valence-corrected chi connectivity index (χ3v) is 3.62. The number of likely N-dealkylation sites (N-methyl/N-ethyl adjacent to an activating group) is 1. The van der Waals surface area contributed by atoms with Gasteiger partial charge in [-0.05, 0) is 50.1 Å². The molecular weight excluding hydrogens is 266 g/mol. The van der Waals surface area contributed by atoms with E-state index in [0.717, 1.165) is 22.0 Å². The van der Waals surface area contributed by atoms with Crippen molar-refractivity contribution >= 4 is 17.0 Å². The lowest BCUT2D eigenvalue weighted by molar-refractivity contribution is 0.177. The summed E-state index contributed by atoms with van der Waals surface area (Å²) in [6.07, 6.45) is 2.27. The van der Waals surface area contributed by atoms with Crippen molar-refractivity contribution in [2.45, 2.75) is 18.9 Å². The lowest BCUT2D eigenvalue weighted by Crippen LogP contribution is -2.28. The van der Waals surface area contributed by atoms with Gasteiger partial charge in [0.05, 0.1) is 7.39 Å². The average molecular weight is 291 g/mol. The number of nitrogens with one attached hydrogen (secondary N) is 2. The van der Waals surface area contributed by atoms with Gasteiger partial charge in [-0.2, -0.15) is 0 Å². The van der Waals surface area contributed by atoms with E-state index < -0.39 is 19.1 Å². The van der Waals surface area contributed by atoms with Crippen LogP contribution in [0.25, 0.3) is 10.9 Å². The number of hydrogen-bond acceptors (Lipinski definition) is 3. The van der Waals surface area contributed by atoms with Crippen LogP contribution in [0.3, 0.4) is 0 Å². The molecule has 0 bridgehead atoms. The molecule has 1 aromatic carbocycles. The van der Waals surface area contributed by atoms with Crippen LogP contribution in [0.1, 0.15) is 16.6 Å². The van der Waals surface area contributed by atoms with Crippen molar-refractivity contribution in [2.24, 2.45) is 0 Å². The molecule has 0 aliphatic carbocycles. The van der Waals surface area contributed by atoms with E-state index >= 15 is 0 Å². The van der Waals surface area contributed by atoms with Gasteiger partial charge in [0.25, 0.3) is 0 Å². The number of carbonyl (C=O) groups excluding carboxylic acids is 1. The molecule has 1 saturated heterocycles. The number of H-pyrrole nitrogens is 1. The van der Waals surface area contributed by atoms with Crippen LogP contribution in [0.5, 0.6) is 0 Å². The van der Waals surface area contributed by atoms with Crippen molar-refractivity contribution in [3.63, 3.8) is 0 Å². The zero-order valence-electron chi connectivity index (χ0n) is 15.9. The molecular formula is C16H21N3O2. The van der Waals surface area contributed by atoms with Gasteiger partial charge in [-0.25, -0.2) is 4.79 Å². The Morgan fingerprint density at radius 2 is 2.48 bits per heavy atom. The number of hydrogen-bond donors (Lipinski definition) is 2. The minimum absolute atomic E-state index is 0.0211. The predicted octanol–water partition coefficient (Wildman–Crippen LogP) is 1.92. The molecule has 5 nitrogen and oxygen atoms in total. The molecule has 1 amide bonds. The highest BCUT2D eigenvalue weighted by Crippen LogP contribution is 2.21. The quantitative estimate of drug-likeness (QED) is 0.885. The maximum absolute atomic E-state index is 11.2. The number of rotatable bonds is 5. The van der Waals surface area contributed by atoms with Gasteiger partial charge in [-0.15, -0.1) is 0 Å². The first-order valence-electron chi connectivity index (χ1n) is 8.91. The Morgan fingerprint density at radius 3 is 3.24 bits per heavy atom. The lowest BCUT2D eigenvalue weighted by atomic mass is 10.0. The highest BCUT2D eigenvalue weighted by atomic mass is 16.6. The van der Waals surface area contributed by atoms with E-state index in [4.69, 9.17) is 10.2 Å². The fourth-order valence-corrected chi connectivity index (χ4v) is 2.54. The van der Waals surface area contributed by atoms with E-state index in [9.17, 15) is 4.79 Å². The van der Waals surface area contributed by atoms with Crippen molar-refractivity contribution in [1.82, 2.24) is 15.2 Å². The zero-order chi connectivity index (χ0) is 18.2. The van der Waals surface area contributed by atoms with Crippen molar-refractivity contribution in [3.05, 3.63) is 35.5 Å². The standard InChI is InChI=1S/C16H21N3O2/c1-19(2)6-5-12-9-17-15-4-3-11(8-14(12)15)7-13-10-21-16(20)18-13/h3-4,8-9,13,17H,5-7,10H2,1-2H3,(H,18,20)/t13-/m0/s1/i1D3,13D. The molecule has 1 aromatic heterocycles. The van der Waals surface area contributed by atoms with Gasteiger partial charge in [0.15, 0.2) is 0 Å². The summed E-state index contributed by atoms with van der Waals surface area (Å²) in [5.74, 6) is 0. The van der Waals surface area contributed by atoms with Gasteiger partial charge in [0.1, 0.15) is 6.61 Å². The zero-order valence-corrected chi connectivity index (χ0v) is 11.9. The second-order valence-corrected chi connectivity index (χ2v) is 5.35. The summed E-state index contributed by atoms with van der Waals surface area (Å²) in [6, 6.07) is 4.68. The number of nitrogens with zero attached hydrogens (tertiary/aromatic N) is 1. The molecule has 1 aliphatic rings. The van der Waals surface area contributed by atoms with Gasteiger partial charge in [-0.1, -0.05) is 6.07 Å². The first-order valence-corrected chi connectivity index (χ1v) is 6.91. The molecule has 2 N–H and O–H groups in total. The summed E-state index contributed by atoms with van der Waals surface area (Å²) >= 11 is 0. The van der Waals surface area contributed by atoms with Crippen LogP contribution < -0.4 is 5.32 Å². The van der Waals surface area contributed by atoms with Crippen molar-refractivity contribution in [2.75, 3.05) is 27.2 Å². The third kappa shape index (κ3) is 3.19. The van der Waals surface area contributed by atoms with Crippen LogP contribution in [-0.4, -0.2) is 49.2 Å². The summed E-state index contributed by atoms with van der Waals surface area (Å²) in [4.78, 5) is 15.7. The first-order chi connectivity index (χ1) is 11.7. The van der Waals surface area contributed by atoms with Crippen LogP contribution in [0.2, 0.25) is 0 Å². The molecule has 0 saturated carbocycles. The largest absolute Gasteiger partial charge is 0.447 e. The van der Waals surface area contributed by atoms with Gasteiger partial charge in [-0.3, -0.25) is 0 Å². The van der Waals surface area contributed by atoms with Gasteiger partial charge < -0.3 is 19.9 Å². The van der Waals surface area contributed by atoms with Gasteiger partial charge in [0.2, 0.25) is 0 Å². The number of aromatic amines is 1. The molecule has 0 radical (unpaired) electrons. The van der Waals surface area contributed by atoms with Crippen LogP contribution in [0, 0.1) is 0 Å². The maximum atomic E-state index is 11.2. The molecule has 21 heavy (non-hydrogen) atoms. The molecule has 2 aromatic rings. The molecule has 112 valence electrons. The molecule has 3 rings (SSSR count). The normalized spacial score (nSPS) is 25.1. The Bertz CT molecular complexity index is 789. The number of amides is 1. The second kappa shape index (κ2) is 5.77. The third-order valence-electron chi connectivity index (χ3n) is 3.62. The maximum Gasteiger partial charge on any atom is 0.407 e. The van der Waals surface area contributed by atoms with Crippen molar-refractivity contribution in [3.8, 4) is 0 Å². The lowest BCUT2D eigenvalue weighted by Gasteiger charge is -2.09. The fourth-order valence-electron chi connectivity index (χ4n) is 2.54. The topological polar surface area (TPSA) is 57.4 Å². The predicted molar refractivity (Wildman–Crippen MR) is 82.5 cm³/mol. The minimum atomic E-state index is -2.10. The average Bonchev–Trinajstić information content (AvgIpc) is 3.07. The number of alkyl carbamates (subject to hydrolysis) is 1. The molecule has 1 aliphatic heterocycles. The van der Waals surface area contributed by atoms with Crippen molar-refractivity contribution in [1.29, 1.82) is 0 Å². The van der Waals surface area contributed by atoms with E-state index in [0.29, 0.717) is 19.4 Å². The minimum Gasteiger partial charge on any atom is -0.447 e. The number of benzene rings is 1. The van der Waals surface area contributed by atoms with Crippen LogP contribution >= 0.6 is 0 Å². The molecule has 2 heterocycles. The number of cyclic esters (lactones) is 1. The Labute approximate surface area is 129 Å². The number of ether oxygens (including phenoxy) is 1. The summed E-state index contributed by atoms with van der Waals surface area (Å²) in [5.41, 5.74) is 2.90. The smallest absolute Gasteiger partial charge is 0.407 e. The van der Waals surface area contributed by atoms with E-state index in [1.807, 2.05) is 24.4 Å². The van der Waals surface area contributed by atoms with E-state index in [1.165, 1.54) is 4.90 Å². The molecule has 0 spiro atoms. The van der Waals surface area contributed by atoms with Crippen LogP contribution in [0.15, 0.2) is 24.4 Å². The Balaban J connectivity index is 1.76. The SMILES string of the molecule is [2H]C([2H])([2H])N(C)CCc1c[nH]c2ccc(C[C@@]3([2H])COC(=O)N3)cc12. The molecule has 1 atom stereocenters. The summed E-state index contributed by atoms with van der Waals surface area (Å²) < 4.78 is 35.3. The molecule has 5 heteroatoms. The van der Waals surface area contributed by atoms with Crippen LogP contribution in [0.4, 0.5) is 4.79 Å². The number of fused-ring (bicyclic) bond motifs is 1. The van der Waals surface area contributed by atoms with E-state index in [-0.39, 0.29) is 6.61 Å². The molecule has 0 unspecified atom stereocenters. The first kappa shape index (κ1) is 9.84. The van der Waals surface area contributed by atoms with Crippen molar-refractivity contribution < 1.29 is 15.0 Å². The highest BCUT2D eigenvalue weighted by Gasteiger charge is 2.22. The monoisotopic (exact) mass is 291 g/mol. The number of aromatic nitrogens is 1. The summed E-state index contributed by atoms with van der Waals surface area (Å²) in [7, 11) is 1.58. The Morgan fingerprint density at radius 1 is 1.57 bits per heavy atom. The fraction of sp³-hybridized carbons (Fsp3) is 0.438. The van der Waals surface area contributed by atoms with Gasteiger partial charge >= 0.3 is 6.09 Å². The Kier molecular flexibility index (Phi) is 2.71. The summed E-state index contributed by atoms with van der Waals surface area (Å²) in [6.45, 7) is -1.66. The highest BCUT2D eigenvalue weighted by molar-refractivity contribution is 5.84. The van der Waals surface area contributed by atoms with E-state index in [1.54, 1.807) is 7.05 Å². The molecule has 1 fully saturated rings. The second-order valence-electron chi connectivity index (χ2n) is 5.35.